The smallest absolute Gasteiger partial charge is 0.170 e. The van der Waals surface area contributed by atoms with E-state index in [9.17, 15) is 0 Å². The summed E-state index contributed by atoms with van der Waals surface area (Å²) in [5, 5.41) is 4.47. The SMILES string of the molecule is Cc1cc([C@@H]2[C@H](c3ccccn3)NC(=S)N2C2CCCC2)c(C)n1-c1cccnc1. The van der Waals surface area contributed by atoms with Gasteiger partial charge < -0.3 is 14.8 Å². The predicted molar refractivity (Wildman–Crippen MR) is 123 cm³/mol. The fourth-order valence-electron chi connectivity index (χ4n) is 5.24. The van der Waals surface area contributed by atoms with Crippen LogP contribution in [0.15, 0.2) is 55.0 Å². The molecule has 1 N–H and O–H groups in total. The van der Waals surface area contributed by atoms with Gasteiger partial charge in [-0.1, -0.05) is 18.9 Å². The van der Waals surface area contributed by atoms with Gasteiger partial charge in [-0.25, -0.2) is 0 Å². The molecule has 0 radical (unpaired) electrons. The average Bonchev–Trinajstić information content (AvgIpc) is 3.47. The summed E-state index contributed by atoms with van der Waals surface area (Å²) >= 11 is 5.88. The topological polar surface area (TPSA) is 46.0 Å². The molecule has 1 saturated carbocycles. The molecule has 1 aliphatic carbocycles. The van der Waals surface area contributed by atoms with Crippen LogP contribution in [0.2, 0.25) is 0 Å². The van der Waals surface area contributed by atoms with Gasteiger partial charge in [-0.05, 0) is 74.8 Å². The maximum atomic E-state index is 5.88. The molecule has 154 valence electrons. The number of nitrogens with zero attached hydrogens (tertiary/aromatic N) is 4. The highest BCUT2D eigenvalue weighted by molar-refractivity contribution is 7.80. The van der Waals surface area contributed by atoms with E-state index in [1.165, 1.54) is 42.6 Å². The van der Waals surface area contributed by atoms with Crippen LogP contribution < -0.4 is 5.32 Å². The predicted octanol–water partition coefficient (Wildman–Crippen LogP) is 4.80. The third kappa shape index (κ3) is 3.19. The van der Waals surface area contributed by atoms with Crippen LogP contribution in [-0.2, 0) is 0 Å². The molecule has 1 saturated heterocycles. The van der Waals surface area contributed by atoms with Crippen LogP contribution >= 0.6 is 12.2 Å². The van der Waals surface area contributed by atoms with Crippen molar-refractivity contribution in [1.29, 1.82) is 0 Å². The molecule has 1 aliphatic heterocycles. The lowest BCUT2D eigenvalue weighted by molar-refractivity contribution is 0.245. The number of rotatable bonds is 4. The summed E-state index contributed by atoms with van der Waals surface area (Å²) in [5.74, 6) is 0. The molecule has 30 heavy (non-hydrogen) atoms. The van der Waals surface area contributed by atoms with Gasteiger partial charge in [0.25, 0.3) is 0 Å². The molecular weight excluding hydrogens is 390 g/mol. The molecule has 2 aliphatic rings. The monoisotopic (exact) mass is 417 g/mol. The summed E-state index contributed by atoms with van der Waals surface area (Å²) in [7, 11) is 0. The standard InChI is InChI=1S/C24H27N5S/c1-16-14-20(17(2)28(16)19-10-7-12-25-15-19)23-22(21-11-5-6-13-26-21)27-24(30)29(23)18-8-3-4-9-18/h5-7,10-15,18,22-23H,3-4,8-9H2,1-2H3,(H,27,30)/t22-,23+/m0/s1. The first-order valence-electron chi connectivity index (χ1n) is 10.7. The van der Waals surface area contributed by atoms with Gasteiger partial charge in [0.05, 0.1) is 29.7 Å². The number of thiocarbonyl (C=S) groups is 1. The van der Waals surface area contributed by atoms with Gasteiger partial charge in [-0.2, -0.15) is 0 Å². The summed E-state index contributed by atoms with van der Waals surface area (Å²) < 4.78 is 2.30. The van der Waals surface area contributed by atoms with Gasteiger partial charge in [0.1, 0.15) is 0 Å². The Labute approximate surface area is 183 Å². The van der Waals surface area contributed by atoms with E-state index >= 15 is 0 Å². The van der Waals surface area contributed by atoms with Crippen molar-refractivity contribution in [2.24, 2.45) is 0 Å². The van der Waals surface area contributed by atoms with Crippen LogP contribution in [0.1, 0.15) is 60.4 Å². The first-order valence-corrected chi connectivity index (χ1v) is 11.1. The largest absolute Gasteiger partial charge is 0.352 e. The van der Waals surface area contributed by atoms with E-state index in [1.54, 1.807) is 0 Å². The molecule has 2 fully saturated rings. The Balaban J connectivity index is 1.64. The molecule has 0 spiro atoms. The molecule has 5 nitrogen and oxygen atoms in total. The van der Waals surface area contributed by atoms with Crippen LogP contribution in [0.5, 0.6) is 0 Å². The van der Waals surface area contributed by atoms with E-state index in [2.05, 4.69) is 62.9 Å². The van der Waals surface area contributed by atoms with Crippen molar-refractivity contribution in [2.45, 2.75) is 57.7 Å². The van der Waals surface area contributed by atoms with Gasteiger partial charge in [-0.15, -0.1) is 0 Å². The van der Waals surface area contributed by atoms with Crippen molar-refractivity contribution in [3.63, 3.8) is 0 Å². The van der Waals surface area contributed by atoms with Crippen LogP contribution in [0.3, 0.4) is 0 Å². The second kappa shape index (κ2) is 7.84. The van der Waals surface area contributed by atoms with Crippen LogP contribution in [0, 0.1) is 13.8 Å². The van der Waals surface area contributed by atoms with Gasteiger partial charge in [0, 0.05) is 29.8 Å². The normalized spacial score (nSPS) is 21.9. The quantitative estimate of drug-likeness (QED) is 0.618. The minimum atomic E-state index is 0.0437. The zero-order valence-corrected chi connectivity index (χ0v) is 18.3. The van der Waals surface area contributed by atoms with Crippen molar-refractivity contribution in [2.75, 3.05) is 0 Å². The van der Waals surface area contributed by atoms with Gasteiger partial charge >= 0.3 is 0 Å². The second-order valence-corrected chi connectivity index (χ2v) is 8.73. The highest BCUT2D eigenvalue weighted by atomic mass is 32.1. The number of pyridine rings is 2. The number of hydrogen-bond donors (Lipinski definition) is 1. The first-order chi connectivity index (χ1) is 14.6. The van der Waals surface area contributed by atoms with Crippen LogP contribution in [-0.4, -0.2) is 30.6 Å². The number of aryl methyl sites for hydroxylation is 1. The second-order valence-electron chi connectivity index (χ2n) is 8.35. The Morgan fingerprint density at radius 2 is 1.90 bits per heavy atom. The Morgan fingerprint density at radius 1 is 1.07 bits per heavy atom. The van der Waals surface area contributed by atoms with E-state index in [-0.39, 0.29) is 12.1 Å². The molecule has 0 unspecified atom stereocenters. The highest BCUT2D eigenvalue weighted by Gasteiger charge is 2.44. The van der Waals surface area contributed by atoms with Crippen molar-refractivity contribution in [1.82, 2.24) is 24.8 Å². The summed E-state index contributed by atoms with van der Waals surface area (Å²) in [6.45, 7) is 4.37. The molecule has 3 aromatic rings. The lowest BCUT2D eigenvalue weighted by atomic mass is 9.95. The van der Waals surface area contributed by atoms with Crippen molar-refractivity contribution >= 4 is 17.3 Å². The lowest BCUT2D eigenvalue weighted by Gasteiger charge is -2.33. The Kier molecular flexibility index (Phi) is 5.03. The van der Waals surface area contributed by atoms with Crippen molar-refractivity contribution < 1.29 is 0 Å². The molecule has 0 bridgehead atoms. The zero-order valence-electron chi connectivity index (χ0n) is 17.5. The fourth-order valence-corrected chi connectivity index (χ4v) is 5.63. The van der Waals surface area contributed by atoms with E-state index in [1.807, 2.05) is 30.7 Å². The minimum absolute atomic E-state index is 0.0437. The van der Waals surface area contributed by atoms with Gasteiger partial charge in [0.2, 0.25) is 0 Å². The maximum Gasteiger partial charge on any atom is 0.170 e. The molecule has 0 amide bonds. The summed E-state index contributed by atoms with van der Waals surface area (Å²) in [4.78, 5) is 11.5. The van der Waals surface area contributed by atoms with Gasteiger partial charge in [0.15, 0.2) is 5.11 Å². The highest BCUT2D eigenvalue weighted by Crippen LogP contribution is 2.44. The van der Waals surface area contributed by atoms with Crippen molar-refractivity contribution in [3.05, 3.63) is 77.6 Å². The molecule has 6 heteroatoms. The van der Waals surface area contributed by atoms with Gasteiger partial charge in [-0.3, -0.25) is 9.97 Å². The van der Waals surface area contributed by atoms with E-state index < -0.39 is 0 Å². The lowest BCUT2D eigenvalue weighted by Crippen LogP contribution is -2.37. The number of nitrogens with one attached hydrogen (secondary N) is 1. The first kappa shape index (κ1) is 19.2. The third-order valence-electron chi connectivity index (χ3n) is 6.55. The molecule has 4 heterocycles. The van der Waals surface area contributed by atoms with E-state index in [4.69, 9.17) is 12.2 Å². The molecule has 0 aromatic carbocycles. The Hall–Kier alpha value is -2.73. The molecular formula is C24H27N5S. The maximum absolute atomic E-state index is 5.88. The summed E-state index contributed by atoms with van der Waals surface area (Å²) in [6.07, 6.45) is 10.6. The number of aromatic nitrogens is 3. The minimum Gasteiger partial charge on any atom is -0.352 e. The van der Waals surface area contributed by atoms with Crippen LogP contribution in [0.4, 0.5) is 0 Å². The number of hydrogen-bond acceptors (Lipinski definition) is 3. The molecule has 3 aromatic heterocycles. The Morgan fingerprint density at radius 3 is 2.60 bits per heavy atom. The average molecular weight is 418 g/mol. The van der Waals surface area contributed by atoms with E-state index in [0.717, 1.165) is 16.5 Å². The summed E-state index contributed by atoms with van der Waals surface area (Å²) in [5.41, 5.74) is 5.89. The van der Waals surface area contributed by atoms with Crippen LogP contribution in [0.25, 0.3) is 5.69 Å². The van der Waals surface area contributed by atoms with E-state index in [0.29, 0.717) is 6.04 Å². The third-order valence-corrected chi connectivity index (χ3v) is 6.88. The summed E-state index contributed by atoms with van der Waals surface area (Å²) in [6, 6.07) is 13.2. The molecule has 5 rings (SSSR count). The zero-order chi connectivity index (χ0) is 20.7. The van der Waals surface area contributed by atoms with Crippen molar-refractivity contribution in [3.8, 4) is 5.69 Å². The Bertz CT molecular complexity index is 1040. The fraction of sp³-hybridized carbons (Fsp3) is 0.375. The molecule has 2 atom stereocenters.